The molecule has 1 atom stereocenters. The first-order valence-electron chi connectivity index (χ1n) is 11.1. The van der Waals surface area contributed by atoms with Crippen molar-refractivity contribution in [3.8, 4) is 11.5 Å². The van der Waals surface area contributed by atoms with Crippen molar-refractivity contribution < 1.29 is 19.1 Å². The maximum Gasteiger partial charge on any atom is 0.232 e. The van der Waals surface area contributed by atoms with Crippen molar-refractivity contribution in [1.29, 1.82) is 0 Å². The Bertz CT molecular complexity index is 1020. The number of carbonyl (C=O) groups is 2. The Morgan fingerprint density at radius 2 is 1.91 bits per heavy atom. The molecule has 0 spiro atoms. The molecule has 1 fully saturated rings. The highest BCUT2D eigenvalue weighted by molar-refractivity contribution is 5.91. The van der Waals surface area contributed by atoms with E-state index in [4.69, 9.17) is 9.47 Å². The Balaban J connectivity index is 1.57. The van der Waals surface area contributed by atoms with Crippen LogP contribution in [-0.2, 0) is 22.7 Å². The molecule has 0 radical (unpaired) electrons. The van der Waals surface area contributed by atoms with E-state index in [0.29, 0.717) is 37.4 Å². The molecule has 2 aliphatic rings. The zero-order chi connectivity index (χ0) is 22.6. The number of hydrogen-bond donors (Lipinski definition) is 1. The lowest BCUT2D eigenvalue weighted by Crippen LogP contribution is -2.52. The average molecular weight is 435 g/mol. The molecule has 1 saturated heterocycles. The third-order valence-corrected chi connectivity index (χ3v) is 6.54. The highest BCUT2D eigenvalue weighted by Crippen LogP contribution is 2.47. The molecular weight excluding hydrogens is 404 g/mol. The van der Waals surface area contributed by atoms with Gasteiger partial charge < -0.3 is 19.7 Å². The van der Waals surface area contributed by atoms with E-state index in [1.54, 1.807) is 14.2 Å². The Hall–Kier alpha value is -3.28. The van der Waals surface area contributed by atoms with Crippen LogP contribution in [0.5, 0.6) is 11.5 Å². The smallest absolute Gasteiger partial charge is 0.232 e. The fourth-order valence-corrected chi connectivity index (χ4v) is 4.82. The van der Waals surface area contributed by atoms with Crippen LogP contribution in [0.1, 0.15) is 43.2 Å². The van der Waals surface area contributed by atoms with Crippen molar-refractivity contribution in [2.45, 2.75) is 45.2 Å². The number of ether oxygens (including phenoxy) is 2. The lowest BCUT2D eigenvalue weighted by Gasteiger charge is -2.46. The van der Waals surface area contributed by atoms with Gasteiger partial charge in [-0.05, 0) is 49.4 Å². The van der Waals surface area contributed by atoms with Gasteiger partial charge in [-0.15, -0.1) is 0 Å². The molecule has 0 bridgehead atoms. The summed E-state index contributed by atoms with van der Waals surface area (Å²) in [6.07, 6.45) is 5.58. The number of nitrogens with zero attached hydrogens (tertiary/aromatic N) is 1. The number of carbonyl (C=O) groups excluding carboxylic acids is 2. The Kier molecular flexibility index (Phi) is 6.49. The van der Waals surface area contributed by atoms with E-state index in [-0.39, 0.29) is 11.8 Å². The largest absolute Gasteiger partial charge is 0.497 e. The minimum absolute atomic E-state index is 0.0288. The minimum Gasteiger partial charge on any atom is -0.497 e. The summed E-state index contributed by atoms with van der Waals surface area (Å²) in [6, 6.07) is 15.5. The van der Waals surface area contributed by atoms with Gasteiger partial charge in [-0.1, -0.05) is 36.4 Å². The van der Waals surface area contributed by atoms with Crippen molar-refractivity contribution >= 4 is 11.8 Å². The monoisotopic (exact) mass is 434 g/mol. The lowest BCUT2D eigenvalue weighted by molar-refractivity contribution is -0.141. The van der Waals surface area contributed by atoms with Gasteiger partial charge in [0.1, 0.15) is 11.5 Å². The van der Waals surface area contributed by atoms with Crippen LogP contribution in [-0.4, -0.2) is 30.9 Å². The summed E-state index contributed by atoms with van der Waals surface area (Å²) in [5.74, 6) is 1.47. The summed E-state index contributed by atoms with van der Waals surface area (Å²) < 4.78 is 10.8. The number of likely N-dealkylation sites (tertiary alicyclic amines) is 1. The molecule has 1 N–H and O–H groups in total. The minimum atomic E-state index is -0.674. The Labute approximate surface area is 189 Å². The highest BCUT2D eigenvalue weighted by atomic mass is 16.5. The van der Waals surface area contributed by atoms with Crippen LogP contribution in [0.4, 0.5) is 0 Å². The molecule has 32 heavy (non-hydrogen) atoms. The summed E-state index contributed by atoms with van der Waals surface area (Å²) in [6.45, 7) is 0.825. The van der Waals surface area contributed by atoms with Gasteiger partial charge in [0.15, 0.2) is 0 Å². The van der Waals surface area contributed by atoms with Gasteiger partial charge in [-0.25, -0.2) is 0 Å². The van der Waals surface area contributed by atoms with E-state index in [1.807, 2.05) is 53.4 Å². The second-order valence-electron chi connectivity index (χ2n) is 8.39. The third kappa shape index (κ3) is 4.22. The fourth-order valence-electron chi connectivity index (χ4n) is 4.82. The summed E-state index contributed by atoms with van der Waals surface area (Å²) >= 11 is 0. The Morgan fingerprint density at radius 3 is 2.66 bits per heavy atom. The molecule has 2 amide bonds. The topological polar surface area (TPSA) is 67.9 Å². The fraction of sp³-hybridized carbons (Fsp3) is 0.385. The molecule has 1 aliphatic carbocycles. The summed E-state index contributed by atoms with van der Waals surface area (Å²) in [7, 11) is 3.23. The predicted molar refractivity (Wildman–Crippen MR) is 122 cm³/mol. The van der Waals surface area contributed by atoms with E-state index in [0.717, 1.165) is 36.1 Å². The first-order valence-corrected chi connectivity index (χ1v) is 11.1. The maximum atomic E-state index is 13.6. The second-order valence-corrected chi connectivity index (χ2v) is 8.39. The number of allylic oxidation sites excluding steroid dienone is 1. The van der Waals surface area contributed by atoms with Crippen molar-refractivity contribution in [3.63, 3.8) is 0 Å². The van der Waals surface area contributed by atoms with Crippen LogP contribution in [0, 0.1) is 5.41 Å². The van der Waals surface area contributed by atoms with Gasteiger partial charge in [-0.2, -0.15) is 0 Å². The molecule has 1 aliphatic heterocycles. The first-order chi connectivity index (χ1) is 15.6. The number of fused-ring (bicyclic) bond motifs is 1. The Morgan fingerprint density at radius 1 is 1.09 bits per heavy atom. The van der Waals surface area contributed by atoms with Crippen LogP contribution in [0.15, 0.2) is 60.3 Å². The molecule has 6 nitrogen and oxygen atoms in total. The van der Waals surface area contributed by atoms with E-state index in [2.05, 4.69) is 11.4 Å². The SMILES string of the molecule is COc1ccc(OC)c(CNC(=O)C23CCCC=C2N(Cc2ccccc2)C(=O)CC3)c1. The molecule has 0 aromatic heterocycles. The zero-order valence-electron chi connectivity index (χ0n) is 18.7. The lowest BCUT2D eigenvalue weighted by atomic mass is 9.69. The van der Waals surface area contributed by atoms with Gasteiger partial charge in [0.05, 0.1) is 26.2 Å². The number of nitrogens with one attached hydrogen (secondary N) is 1. The van der Waals surface area contributed by atoms with Crippen LogP contribution >= 0.6 is 0 Å². The van der Waals surface area contributed by atoms with Crippen LogP contribution < -0.4 is 14.8 Å². The number of benzene rings is 2. The van der Waals surface area contributed by atoms with E-state index >= 15 is 0 Å². The predicted octanol–water partition coefficient (Wildman–Crippen LogP) is 4.20. The molecule has 1 unspecified atom stereocenters. The summed E-state index contributed by atoms with van der Waals surface area (Å²) in [5, 5.41) is 3.13. The molecule has 4 rings (SSSR count). The van der Waals surface area contributed by atoms with Crippen molar-refractivity contribution in [3.05, 3.63) is 71.4 Å². The van der Waals surface area contributed by atoms with E-state index in [9.17, 15) is 9.59 Å². The molecular formula is C26H30N2O4. The van der Waals surface area contributed by atoms with Crippen molar-refractivity contribution in [2.75, 3.05) is 14.2 Å². The molecule has 0 saturated carbocycles. The summed E-state index contributed by atoms with van der Waals surface area (Å²) in [5.41, 5.74) is 2.10. The number of piperidine rings is 1. The number of methoxy groups -OCH3 is 2. The van der Waals surface area contributed by atoms with Gasteiger partial charge in [-0.3, -0.25) is 9.59 Å². The highest BCUT2D eigenvalue weighted by Gasteiger charge is 2.49. The zero-order valence-corrected chi connectivity index (χ0v) is 18.7. The molecule has 1 heterocycles. The quantitative estimate of drug-likeness (QED) is 0.709. The van der Waals surface area contributed by atoms with Crippen LogP contribution in [0.25, 0.3) is 0 Å². The molecule has 2 aromatic carbocycles. The summed E-state index contributed by atoms with van der Waals surface area (Å²) in [4.78, 5) is 28.3. The average Bonchev–Trinajstić information content (AvgIpc) is 2.84. The van der Waals surface area contributed by atoms with Crippen LogP contribution in [0.2, 0.25) is 0 Å². The normalized spacial score (nSPS) is 20.2. The second kappa shape index (κ2) is 9.47. The number of rotatable bonds is 7. The number of amides is 2. The van der Waals surface area contributed by atoms with Crippen LogP contribution in [0.3, 0.4) is 0 Å². The first kappa shape index (κ1) is 21.9. The van der Waals surface area contributed by atoms with Gasteiger partial charge in [0.25, 0.3) is 0 Å². The number of hydrogen-bond acceptors (Lipinski definition) is 4. The third-order valence-electron chi connectivity index (χ3n) is 6.54. The van der Waals surface area contributed by atoms with Gasteiger partial charge in [0, 0.05) is 24.2 Å². The van der Waals surface area contributed by atoms with E-state index in [1.165, 1.54) is 0 Å². The van der Waals surface area contributed by atoms with Gasteiger partial charge in [0.2, 0.25) is 11.8 Å². The van der Waals surface area contributed by atoms with Crippen molar-refractivity contribution in [1.82, 2.24) is 10.2 Å². The molecule has 6 heteroatoms. The van der Waals surface area contributed by atoms with Gasteiger partial charge >= 0.3 is 0 Å². The molecule has 168 valence electrons. The van der Waals surface area contributed by atoms with E-state index < -0.39 is 5.41 Å². The van der Waals surface area contributed by atoms with Crippen molar-refractivity contribution in [2.24, 2.45) is 5.41 Å². The standard InChI is InChI=1S/C26H30N2O4/c1-31-21-11-12-22(32-2)20(16-21)17-27-25(30)26-14-7-6-10-23(26)28(24(29)13-15-26)18-19-8-4-3-5-9-19/h3-5,8-12,16H,6-7,13-15,17-18H2,1-2H3,(H,27,30). The maximum absolute atomic E-state index is 13.6. The molecule has 2 aromatic rings.